The summed E-state index contributed by atoms with van der Waals surface area (Å²) in [5, 5.41) is 27.2. The number of ether oxygens (including phenoxy) is 2. The molecule has 0 aliphatic heterocycles. The van der Waals surface area contributed by atoms with Gasteiger partial charge in [0, 0.05) is 0 Å². The van der Waals surface area contributed by atoms with E-state index >= 15 is 0 Å². The highest BCUT2D eigenvalue weighted by atomic mass is 16.5. The van der Waals surface area contributed by atoms with E-state index in [1.807, 2.05) is 126 Å². The molecule has 58 heavy (non-hydrogen) atoms. The smallest absolute Gasteiger partial charge is 0.119 e. The summed E-state index contributed by atoms with van der Waals surface area (Å²) in [5.41, 5.74) is 11.3. The summed E-state index contributed by atoms with van der Waals surface area (Å²) in [6.07, 6.45) is 0. The third kappa shape index (κ3) is 9.60. The van der Waals surface area contributed by atoms with Gasteiger partial charge in [-0.15, -0.1) is 0 Å². The van der Waals surface area contributed by atoms with E-state index in [1.54, 1.807) is 0 Å². The molecule has 0 bridgehead atoms. The molecule has 0 spiro atoms. The van der Waals surface area contributed by atoms with Crippen LogP contribution < -0.4 is 19.6 Å². The van der Waals surface area contributed by atoms with E-state index in [4.69, 9.17) is 9.47 Å². The van der Waals surface area contributed by atoms with Crippen molar-refractivity contribution in [2.75, 3.05) is 10.1 Å². The molecule has 0 aliphatic carbocycles. The average molecular weight is 767 g/mol. The Morgan fingerprint density at radius 3 is 0.810 bits per heavy atom. The molecule has 7 rings (SSSR count). The van der Waals surface area contributed by atoms with Crippen molar-refractivity contribution >= 4 is 11.4 Å². The first-order valence-corrected chi connectivity index (χ1v) is 19.7. The molecule has 0 heterocycles. The van der Waals surface area contributed by atoms with Crippen LogP contribution in [0.1, 0.15) is 52.7 Å². The maximum Gasteiger partial charge on any atom is 0.119 e. The van der Waals surface area contributed by atoms with E-state index in [9.17, 15) is 10.4 Å². The number of hydroxylamine groups is 2. The van der Waals surface area contributed by atoms with Crippen LogP contribution in [0.2, 0.25) is 0 Å². The summed E-state index contributed by atoms with van der Waals surface area (Å²) in [7, 11) is 0. The Morgan fingerprint density at radius 2 is 0.569 bits per heavy atom. The Labute approximate surface area is 343 Å². The Bertz CT molecular complexity index is 2220. The van der Waals surface area contributed by atoms with Crippen LogP contribution in [0.15, 0.2) is 170 Å². The van der Waals surface area contributed by atoms with Crippen molar-refractivity contribution in [2.24, 2.45) is 0 Å². The molecule has 0 saturated carbocycles. The quantitative estimate of drug-likeness (QED) is 0.116. The SMILES string of the molecule is CC(C)(C)N([O])c1ccc(-c2ccc(-c3ccc(OCc4ccccc4COc4ccc(-c5ccc(-c6ccc(N([O])C(C)(C)C)cc6)cc5)cc4)cc3)cc2)cc1. The summed E-state index contributed by atoms with van der Waals surface area (Å²) in [6, 6.07) is 57.0. The summed E-state index contributed by atoms with van der Waals surface area (Å²) in [6.45, 7) is 12.3. The Balaban J connectivity index is 0.913. The fourth-order valence-electron chi connectivity index (χ4n) is 6.71. The van der Waals surface area contributed by atoms with Crippen LogP contribution in [0, 0.1) is 0 Å². The van der Waals surface area contributed by atoms with Crippen molar-refractivity contribution < 1.29 is 19.9 Å². The van der Waals surface area contributed by atoms with Crippen LogP contribution in [-0.4, -0.2) is 11.1 Å². The standard InChI is InChI=1S/C52H50N2O4/c1-51(2,3)53(55)47-27-19-41(20-28-47)37-11-15-39(16-12-37)43-23-31-49(32-24-43)57-35-45-9-7-8-10-46(45)36-58-50-33-25-44(26-34-50)40-17-13-38(14-18-40)42-21-29-48(30-22-42)54(56)52(4,5)6/h7-34H,35-36H2,1-6H3. The fourth-order valence-corrected chi connectivity index (χ4v) is 6.71. The van der Waals surface area contributed by atoms with E-state index in [1.165, 1.54) is 0 Å². The van der Waals surface area contributed by atoms with Gasteiger partial charge < -0.3 is 9.47 Å². The minimum atomic E-state index is -0.483. The van der Waals surface area contributed by atoms with Gasteiger partial charge in [-0.05, 0) is 146 Å². The van der Waals surface area contributed by atoms with Gasteiger partial charge >= 0.3 is 0 Å². The Kier molecular flexibility index (Phi) is 11.7. The summed E-state index contributed by atoms with van der Waals surface area (Å²) in [4.78, 5) is 0. The number of anilines is 2. The van der Waals surface area contributed by atoms with Crippen molar-refractivity contribution in [2.45, 2.75) is 65.8 Å². The molecule has 0 amide bonds. The zero-order chi connectivity index (χ0) is 40.9. The molecule has 7 aromatic rings. The second-order valence-corrected chi connectivity index (χ2v) is 16.6. The van der Waals surface area contributed by atoms with Gasteiger partial charge in [0.05, 0.1) is 22.5 Å². The predicted molar refractivity (Wildman–Crippen MR) is 236 cm³/mol. The second kappa shape index (κ2) is 17.0. The maximum absolute atomic E-state index is 12.5. The van der Waals surface area contributed by atoms with E-state index in [-0.39, 0.29) is 0 Å². The van der Waals surface area contributed by atoms with E-state index in [0.717, 1.165) is 77.3 Å². The van der Waals surface area contributed by atoms with Gasteiger partial charge in [0.2, 0.25) is 0 Å². The lowest BCUT2D eigenvalue weighted by Gasteiger charge is -2.28. The molecule has 0 saturated heterocycles. The van der Waals surface area contributed by atoms with Crippen LogP contribution in [0.3, 0.4) is 0 Å². The van der Waals surface area contributed by atoms with Crippen molar-refractivity contribution in [3.05, 3.63) is 181 Å². The predicted octanol–water partition coefficient (Wildman–Crippen LogP) is 13.4. The third-order valence-corrected chi connectivity index (χ3v) is 10.1. The largest absolute Gasteiger partial charge is 0.489 e. The van der Waals surface area contributed by atoms with Crippen LogP contribution in [0.5, 0.6) is 11.5 Å². The minimum Gasteiger partial charge on any atom is -0.489 e. The number of nitrogens with zero attached hydrogens (tertiary/aromatic N) is 2. The summed E-state index contributed by atoms with van der Waals surface area (Å²) in [5.74, 6) is 1.60. The molecule has 292 valence electrons. The minimum absolute atomic E-state index is 0.430. The fraction of sp³-hybridized carbons (Fsp3) is 0.192. The first-order chi connectivity index (χ1) is 27.8. The van der Waals surface area contributed by atoms with Crippen LogP contribution in [0.25, 0.3) is 44.5 Å². The van der Waals surface area contributed by atoms with Crippen LogP contribution in [-0.2, 0) is 23.6 Å². The average Bonchev–Trinajstić information content (AvgIpc) is 3.25. The van der Waals surface area contributed by atoms with E-state index in [2.05, 4.69) is 84.9 Å². The highest BCUT2D eigenvalue weighted by Gasteiger charge is 2.22. The molecule has 0 N–H and O–H groups in total. The Hall–Kier alpha value is -6.34. The lowest BCUT2D eigenvalue weighted by Crippen LogP contribution is -2.37. The lowest BCUT2D eigenvalue weighted by molar-refractivity contribution is 0.102. The Morgan fingerprint density at radius 1 is 0.345 bits per heavy atom. The molecule has 7 aromatic carbocycles. The zero-order valence-electron chi connectivity index (χ0n) is 34.1. The highest BCUT2D eigenvalue weighted by Crippen LogP contribution is 2.32. The van der Waals surface area contributed by atoms with Gasteiger partial charge in [0.25, 0.3) is 0 Å². The molecule has 0 unspecified atom stereocenters. The monoisotopic (exact) mass is 766 g/mol. The third-order valence-electron chi connectivity index (χ3n) is 10.1. The molecule has 6 nitrogen and oxygen atoms in total. The second-order valence-electron chi connectivity index (χ2n) is 16.6. The van der Waals surface area contributed by atoms with Gasteiger partial charge in [-0.1, -0.05) is 132 Å². The molecule has 0 aliphatic rings. The summed E-state index contributed by atoms with van der Waals surface area (Å²) >= 11 is 0. The van der Waals surface area contributed by atoms with Gasteiger partial charge in [0.15, 0.2) is 0 Å². The molecule has 0 atom stereocenters. The van der Waals surface area contributed by atoms with E-state index < -0.39 is 11.1 Å². The summed E-state index contributed by atoms with van der Waals surface area (Å²) < 4.78 is 12.5. The first-order valence-electron chi connectivity index (χ1n) is 19.7. The van der Waals surface area contributed by atoms with Crippen molar-refractivity contribution in [3.63, 3.8) is 0 Å². The normalized spacial score (nSPS) is 11.6. The number of rotatable bonds is 12. The van der Waals surface area contributed by atoms with Crippen LogP contribution >= 0.6 is 0 Å². The topological polar surface area (TPSA) is 64.7 Å². The first kappa shape index (κ1) is 39.9. The van der Waals surface area contributed by atoms with Crippen molar-refractivity contribution in [1.82, 2.24) is 0 Å². The number of hydrogen-bond donors (Lipinski definition) is 0. The molecule has 0 fully saturated rings. The molecular weight excluding hydrogens is 717 g/mol. The molecule has 6 heteroatoms. The zero-order valence-corrected chi connectivity index (χ0v) is 34.1. The highest BCUT2D eigenvalue weighted by molar-refractivity contribution is 5.73. The lowest BCUT2D eigenvalue weighted by atomic mass is 10.00. The van der Waals surface area contributed by atoms with Crippen LogP contribution in [0.4, 0.5) is 11.4 Å². The van der Waals surface area contributed by atoms with Gasteiger partial charge in [0.1, 0.15) is 24.7 Å². The number of benzene rings is 7. The van der Waals surface area contributed by atoms with Gasteiger partial charge in [-0.2, -0.15) is 0 Å². The van der Waals surface area contributed by atoms with Gasteiger partial charge in [-0.3, -0.25) is 0 Å². The van der Waals surface area contributed by atoms with E-state index in [0.29, 0.717) is 24.6 Å². The number of hydrogen-bond acceptors (Lipinski definition) is 4. The van der Waals surface area contributed by atoms with Crippen molar-refractivity contribution in [3.8, 4) is 56.0 Å². The van der Waals surface area contributed by atoms with Crippen molar-refractivity contribution in [1.29, 1.82) is 0 Å². The maximum atomic E-state index is 12.5. The van der Waals surface area contributed by atoms with Gasteiger partial charge in [-0.25, -0.2) is 10.1 Å². The molecule has 0 aromatic heterocycles. The molecular formula is C52H50N2O4. The molecule has 2 radical (unpaired) electrons.